The average molecular weight is 280 g/mol. The Labute approximate surface area is 121 Å². The van der Waals surface area contributed by atoms with Crippen LogP contribution >= 0.6 is 12.4 Å². The molecule has 0 spiro atoms. The summed E-state index contributed by atoms with van der Waals surface area (Å²) >= 11 is 0. The van der Waals surface area contributed by atoms with Crippen LogP contribution in [0.5, 0.6) is 0 Å². The molecule has 2 rings (SSSR count). The lowest BCUT2D eigenvalue weighted by atomic mass is 10.0. The van der Waals surface area contributed by atoms with Crippen LogP contribution in [0.1, 0.15) is 42.7 Å². The summed E-state index contributed by atoms with van der Waals surface area (Å²) in [4.78, 5) is 0. The number of hydrogen-bond donors (Lipinski definition) is 2. The molecule has 3 heteroatoms. The predicted octanol–water partition coefficient (Wildman–Crippen LogP) is 2.68. The van der Waals surface area contributed by atoms with Crippen molar-refractivity contribution in [3.05, 3.63) is 35.4 Å². The van der Waals surface area contributed by atoms with Gasteiger partial charge in [-0.1, -0.05) is 30.0 Å². The van der Waals surface area contributed by atoms with Crippen molar-refractivity contribution >= 4 is 12.4 Å². The van der Waals surface area contributed by atoms with Gasteiger partial charge in [-0.15, -0.1) is 12.4 Å². The van der Waals surface area contributed by atoms with Crippen LogP contribution in [0.25, 0.3) is 0 Å². The molecule has 0 aliphatic heterocycles. The monoisotopic (exact) mass is 279 g/mol. The van der Waals surface area contributed by atoms with E-state index in [-0.39, 0.29) is 19.0 Å². The van der Waals surface area contributed by atoms with Gasteiger partial charge in [-0.3, -0.25) is 0 Å². The zero-order chi connectivity index (χ0) is 12.8. The van der Waals surface area contributed by atoms with Crippen molar-refractivity contribution in [1.29, 1.82) is 0 Å². The van der Waals surface area contributed by atoms with E-state index in [1.54, 1.807) is 0 Å². The molecule has 0 bridgehead atoms. The van der Waals surface area contributed by atoms with E-state index in [0.29, 0.717) is 11.8 Å². The lowest BCUT2D eigenvalue weighted by Crippen LogP contribution is -2.02. The molecule has 1 aromatic carbocycles. The van der Waals surface area contributed by atoms with Crippen LogP contribution in [0, 0.1) is 17.8 Å². The second kappa shape index (κ2) is 8.22. The van der Waals surface area contributed by atoms with Gasteiger partial charge in [0.15, 0.2) is 0 Å². The number of benzene rings is 1. The molecule has 2 atom stereocenters. The maximum Gasteiger partial charge on any atom is 0.0431 e. The van der Waals surface area contributed by atoms with E-state index in [4.69, 9.17) is 10.8 Å². The van der Waals surface area contributed by atoms with Crippen molar-refractivity contribution in [2.45, 2.75) is 31.6 Å². The molecule has 0 heterocycles. The highest BCUT2D eigenvalue weighted by atomic mass is 35.5. The molecule has 19 heavy (non-hydrogen) atoms. The van der Waals surface area contributed by atoms with Gasteiger partial charge in [-0.2, -0.15) is 0 Å². The Balaban J connectivity index is 0.00000180. The minimum absolute atomic E-state index is 0. The Kier molecular flexibility index (Phi) is 6.94. The summed E-state index contributed by atoms with van der Waals surface area (Å²) in [7, 11) is 0. The van der Waals surface area contributed by atoms with E-state index in [9.17, 15) is 0 Å². The van der Waals surface area contributed by atoms with E-state index < -0.39 is 0 Å². The lowest BCUT2D eigenvalue weighted by Gasteiger charge is -2.02. The predicted molar refractivity (Wildman–Crippen MR) is 81.4 cm³/mol. The number of unbranched alkanes of at least 4 members (excludes halogenated alkanes) is 2. The number of hydrogen-bond acceptors (Lipinski definition) is 2. The minimum atomic E-state index is 0. The van der Waals surface area contributed by atoms with Crippen molar-refractivity contribution in [3.63, 3.8) is 0 Å². The van der Waals surface area contributed by atoms with E-state index >= 15 is 0 Å². The third-order valence-corrected chi connectivity index (χ3v) is 3.52. The molecule has 0 unspecified atom stereocenters. The van der Waals surface area contributed by atoms with Gasteiger partial charge in [-0.05, 0) is 49.3 Å². The summed E-state index contributed by atoms with van der Waals surface area (Å²) < 4.78 is 0. The number of halogens is 1. The van der Waals surface area contributed by atoms with Crippen LogP contribution in [0.4, 0.5) is 0 Å². The van der Waals surface area contributed by atoms with Gasteiger partial charge in [0.2, 0.25) is 0 Å². The molecule has 1 fully saturated rings. The standard InChI is InChI=1S/C16H21NO.ClH/c17-12-14-11-16(14)15-9-5-4-8-13(15)7-3-1-2-6-10-18;/h4-5,8-9,14,16,18H,1-2,6,10-12,17H2;1H/t14-,16+;/m1./s1. The molecule has 0 aromatic heterocycles. The van der Waals surface area contributed by atoms with Crippen molar-refractivity contribution in [3.8, 4) is 11.8 Å². The molecule has 0 radical (unpaired) electrons. The zero-order valence-corrected chi connectivity index (χ0v) is 12.0. The Morgan fingerprint density at radius 1 is 1.26 bits per heavy atom. The summed E-state index contributed by atoms with van der Waals surface area (Å²) in [6, 6.07) is 8.40. The lowest BCUT2D eigenvalue weighted by molar-refractivity contribution is 0.285. The number of nitrogens with two attached hydrogens (primary N) is 1. The fraction of sp³-hybridized carbons (Fsp3) is 0.500. The third kappa shape index (κ3) is 4.54. The van der Waals surface area contributed by atoms with Crippen molar-refractivity contribution in [2.75, 3.05) is 13.2 Å². The molecule has 0 saturated heterocycles. The van der Waals surface area contributed by atoms with Crippen LogP contribution in [0.3, 0.4) is 0 Å². The minimum Gasteiger partial charge on any atom is -0.396 e. The molecule has 1 aliphatic rings. The smallest absolute Gasteiger partial charge is 0.0431 e. The maximum absolute atomic E-state index is 8.70. The van der Waals surface area contributed by atoms with Crippen LogP contribution in [-0.2, 0) is 0 Å². The van der Waals surface area contributed by atoms with Crippen LogP contribution in [0.2, 0.25) is 0 Å². The van der Waals surface area contributed by atoms with Gasteiger partial charge >= 0.3 is 0 Å². The SMILES string of the molecule is Cl.NC[C@H]1C[C@@H]1c1ccccc1C#CCCCCO. The van der Waals surface area contributed by atoms with E-state index in [2.05, 4.69) is 30.0 Å². The largest absolute Gasteiger partial charge is 0.396 e. The second-order valence-corrected chi connectivity index (χ2v) is 4.91. The van der Waals surface area contributed by atoms with Crippen LogP contribution < -0.4 is 5.73 Å². The van der Waals surface area contributed by atoms with E-state index in [1.807, 2.05) is 6.07 Å². The first-order chi connectivity index (χ1) is 8.86. The normalized spacial score (nSPS) is 20.1. The molecule has 104 valence electrons. The van der Waals surface area contributed by atoms with Crippen molar-refractivity contribution in [1.82, 2.24) is 0 Å². The molecule has 2 nitrogen and oxygen atoms in total. The Bertz CT molecular complexity index is 450. The fourth-order valence-corrected chi connectivity index (χ4v) is 2.31. The highest BCUT2D eigenvalue weighted by Crippen LogP contribution is 2.47. The molecule has 3 N–H and O–H groups in total. The fourth-order valence-electron chi connectivity index (χ4n) is 2.31. The molecular weight excluding hydrogens is 258 g/mol. The first-order valence-corrected chi connectivity index (χ1v) is 6.75. The summed E-state index contributed by atoms with van der Waals surface area (Å²) in [5.41, 5.74) is 8.23. The van der Waals surface area contributed by atoms with Crippen LogP contribution in [-0.4, -0.2) is 18.3 Å². The van der Waals surface area contributed by atoms with Gasteiger partial charge in [0, 0.05) is 18.6 Å². The van der Waals surface area contributed by atoms with Gasteiger partial charge in [-0.25, -0.2) is 0 Å². The molecule has 1 saturated carbocycles. The van der Waals surface area contributed by atoms with E-state index in [1.165, 1.54) is 12.0 Å². The highest BCUT2D eigenvalue weighted by molar-refractivity contribution is 5.85. The topological polar surface area (TPSA) is 46.2 Å². The first kappa shape index (κ1) is 16.0. The highest BCUT2D eigenvalue weighted by Gasteiger charge is 2.37. The summed E-state index contributed by atoms with van der Waals surface area (Å²) in [6.07, 6.45) is 3.88. The van der Waals surface area contributed by atoms with Gasteiger partial charge in [0.25, 0.3) is 0 Å². The number of aliphatic hydroxyl groups is 1. The quantitative estimate of drug-likeness (QED) is 0.643. The summed E-state index contributed by atoms with van der Waals surface area (Å²) in [5.74, 6) is 7.74. The Morgan fingerprint density at radius 3 is 2.74 bits per heavy atom. The van der Waals surface area contributed by atoms with Gasteiger partial charge < -0.3 is 10.8 Å². The summed E-state index contributed by atoms with van der Waals surface area (Å²) in [5, 5.41) is 8.70. The molecule has 0 amide bonds. The second-order valence-electron chi connectivity index (χ2n) is 4.91. The third-order valence-electron chi connectivity index (χ3n) is 3.52. The average Bonchev–Trinajstić information content (AvgIpc) is 3.18. The number of aliphatic hydroxyl groups excluding tert-OH is 1. The van der Waals surface area contributed by atoms with E-state index in [0.717, 1.165) is 31.4 Å². The molecule has 1 aliphatic carbocycles. The summed E-state index contributed by atoms with van der Waals surface area (Å²) in [6.45, 7) is 1.04. The molecular formula is C16H22ClNO. The first-order valence-electron chi connectivity index (χ1n) is 6.75. The van der Waals surface area contributed by atoms with Crippen LogP contribution in [0.15, 0.2) is 24.3 Å². The Morgan fingerprint density at radius 2 is 2.05 bits per heavy atom. The number of rotatable bonds is 5. The van der Waals surface area contributed by atoms with Crippen molar-refractivity contribution in [2.24, 2.45) is 11.7 Å². The molecule has 1 aromatic rings. The zero-order valence-electron chi connectivity index (χ0n) is 11.1. The van der Waals surface area contributed by atoms with Gasteiger partial charge in [0.05, 0.1) is 0 Å². The van der Waals surface area contributed by atoms with Gasteiger partial charge in [0.1, 0.15) is 0 Å². The Hall–Kier alpha value is -1.01. The maximum atomic E-state index is 8.70. The van der Waals surface area contributed by atoms with Crippen molar-refractivity contribution < 1.29 is 5.11 Å².